The number of nitroso groups, excluding NO2 is 1. The number of carbonyl (C=O) groups excluding carboxylic acids is 1. The lowest BCUT2D eigenvalue weighted by atomic mass is 9.99. The summed E-state index contributed by atoms with van der Waals surface area (Å²) in [7, 11) is 0. The zero-order chi connectivity index (χ0) is 13.9. The van der Waals surface area contributed by atoms with Gasteiger partial charge >= 0.3 is 0 Å². The molecule has 20 heavy (non-hydrogen) atoms. The zero-order valence-corrected chi connectivity index (χ0v) is 10.6. The highest BCUT2D eigenvalue weighted by atomic mass is 16.5. The van der Waals surface area contributed by atoms with Crippen LogP contribution in [0, 0.1) is 4.91 Å². The van der Waals surface area contributed by atoms with Gasteiger partial charge in [0.15, 0.2) is 11.8 Å². The van der Waals surface area contributed by atoms with Crippen molar-refractivity contribution in [2.75, 3.05) is 0 Å². The third-order valence-electron chi connectivity index (χ3n) is 3.35. The van der Waals surface area contributed by atoms with E-state index in [0.717, 1.165) is 5.56 Å². The smallest absolute Gasteiger partial charge is 0.194 e. The van der Waals surface area contributed by atoms with Gasteiger partial charge in [-0.15, -0.1) is 0 Å². The van der Waals surface area contributed by atoms with E-state index in [-0.39, 0.29) is 12.2 Å². The molecule has 2 atom stereocenters. The maximum Gasteiger partial charge on any atom is 0.194 e. The van der Waals surface area contributed by atoms with Gasteiger partial charge in [-0.1, -0.05) is 23.4 Å². The van der Waals surface area contributed by atoms with Crippen molar-refractivity contribution in [2.45, 2.75) is 18.6 Å². The summed E-state index contributed by atoms with van der Waals surface area (Å²) in [5, 5.41) is 2.96. The molecule has 3 rings (SSSR count). The molecular formula is C15H12N2O3. The van der Waals surface area contributed by atoms with Crippen molar-refractivity contribution in [2.24, 2.45) is 5.18 Å². The number of hydrogen-bond donors (Lipinski definition) is 0. The number of Topliss-reactive ketones (excluding diaryl/α,β-unsaturated/α-hetero) is 1. The summed E-state index contributed by atoms with van der Waals surface area (Å²) in [6.07, 6.45) is 3.15. The molecule has 0 saturated heterocycles. The van der Waals surface area contributed by atoms with Gasteiger partial charge < -0.3 is 4.74 Å². The van der Waals surface area contributed by atoms with E-state index in [9.17, 15) is 9.70 Å². The van der Waals surface area contributed by atoms with Crippen molar-refractivity contribution < 1.29 is 9.53 Å². The minimum atomic E-state index is -0.927. The lowest BCUT2D eigenvalue weighted by Crippen LogP contribution is -2.19. The second-order valence-electron chi connectivity index (χ2n) is 4.61. The number of benzene rings is 1. The van der Waals surface area contributed by atoms with Crippen LogP contribution in [0.25, 0.3) is 0 Å². The van der Waals surface area contributed by atoms with E-state index < -0.39 is 12.1 Å². The lowest BCUT2D eigenvalue weighted by molar-refractivity contribution is 0.0951. The molecule has 0 saturated carbocycles. The normalized spacial score (nSPS) is 21.5. The molecule has 1 aliphatic rings. The second kappa shape index (κ2) is 5.21. The highest BCUT2D eigenvalue weighted by Crippen LogP contribution is 2.34. The van der Waals surface area contributed by atoms with Gasteiger partial charge in [-0.3, -0.25) is 9.78 Å². The lowest BCUT2D eigenvalue weighted by Gasteiger charge is -2.17. The molecule has 5 nitrogen and oxygen atoms in total. The predicted octanol–water partition coefficient (Wildman–Crippen LogP) is 2.92. The number of aromatic nitrogens is 1. The summed E-state index contributed by atoms with van der Waals surface area (Å²) in [4.78, 5) is 27.3. The first kappa shape index (κ1) is 12.5. The number of nitrogens with zero attached hydrogens (tertiary/aromatic N) is 2. The molecule has 1 aliphatic heterocycles. The molecule has 0 aliphatic carbocycles. The van der Waals surface area contributed by atoms with Gasteiger partial charge in [0, 0.05) is 24.4 Å². The zero-order valence-electron chi connectivity index (χ0n) is 10.6. The van der Waals surface area contributed by atoms with Crippen LogP contribution in [0.2, 0.25) is 0 Å². The maximum atomic E-state index is 12.3. The molecule has 1 aromatic heterocycles. The molecule has 0 spiro atoms. The Kier molecular flexibility index (Phi) is 3.25. The quantitative estimate of drug-likeness (QED) is 0.785. The largest absolute Gasteiger partial charge is 0.485 e. The molecule has 0 N–H and O–H groups in total. The predicted molar refractivity (Wildman–Crippen MR) is 72.6 cm³/mol. The summed E-state index contributed by atoms with van der Waals surface area (Å²) in [6.45, 7) is 0. The van der Waals surface area contributed by atoms with Crippen molar-refractivity contribution in [1.82, 2.24) is 4.98 Å². The van der Waals surface area contributed by atoms with Crippen LogP contribution in [-0.2, 0) is 0 Å². The van der Waals surface area contributed by atoms with Crippen LogP contribution in [0.5, 0.6) is 5.75 Å². The van der Waals surface area contributed by atoms with E-state index in [1.165, 1.54) is 0 Å². The number of ether oxygens (including phenoxy) is 1. The molecule has 0 radical (unpaired) electrons. The standard InChI is InChI=1S/C15H12N2O3/c18-15-11-5-1-2-6-13(11)20-14(8-12(15)17-19)10-4-3-7-16-9-10/h1-7,9,12,14H,8H2. The number of hydrogen-bond acceptors (Lipinski definition) is 5. The van der Waals surface area contributed by atoms with Crippen molar-refractivity contribution in [3.05, 3.63) is 64.8 Å². The minimum absolute atomic E-state index is 0.225. The third-order valence-corrected chi connectivity index (χ3v) is 3.35. The summed E-state index contributed by atoms with van der Waals surface area (Å²) in [6, 6.07) is 9.64. The Morgan fingerprint density at radius 3 is 2.80 bits per heavy atom. The molecule has 0 amide bonds. The number of fused-ring (bicyclic) bond motifs is 1. The first-order valence-electron chi connectivity index (χ1n) is 6.32. The fourth-order valence-electron chi connectivity index (χ4n) is 2.33. The van der Waals surface area contributed by atoms with Gasteiger partial charge in [0.2, 0.25) is 0 Å². The van der Waals surface area contributed by atoms with E-state index in [2.05, 4.69) is 10.2 Å². The van der Waals surface area contributed by atoms with Gasteiger partial charge in [0.05, 0.1) is 5.56 Å². The molecule has 100 valence electrons. The highest BCUT2D eigenvalue weighted by molar-refractivity contribution is 6.02. The van der Waals surface area contributed by atoms with Gasteiger partial charge in [-0.25, -0.2) is 0 Å². The maximum absolute atomic E-state index is 12.3. The number of para-hydroxylation sites is 1. The Morgan fingerprint density at radius 1 is 1.20 bits per heavy atom. The van der Waals surface area contributed by atoms with Crippen LogP contribution in [0.4, 0.5) is 0 Å². The van der Waals surface area contributed by atoms with E-state index in [4.69, 9.17) is 4.74 Å². The topological polar surface area (TPSA) is 68.6 Å². The van der Waals surface area contributed by atoms with Crippen LogP contribution in [0.15, 0.2) is 54.0 Å². The summed E-state index contributed by atoms with van der Waals surface area (Å²) >= 11 is 0. The molecule has 1 aromatic carbocycles. The number of rotatable bonds is 2. The summed E-state index contributed by atoms with van der Waals surface area (Å²) in [5.41, 5.74) is 1.23. The Morgan fingerprint density at radius 2 is 2.05 bits per heavy atom. The first-order chi connectivity index (χ1) is 9.79. The fraction of sp³-hybridized carbons (Fsp3) is 0.200. The molecule has 2 heterocycles. The van der Waals surface area contributed by atoms with Crippen LogP contribution < -0.4 is 4.74 Å². The van der Waals surface area contributed by atoms with Gasteiger partial charge in [0.25, 0.3) is 0 Å². The average Bonchev–Trinajstić information content (AvgIpc) is 2.65. The molecule has 0 fully saturated rings. The minimum Gasteiger partial charge on any atom is -0.485 e. The van der Waals surface area contributed by atoms with Crippen LogP contribution in [-0.4, -0.2) is 16.8 Å². The fourth-order valence-corrected chi connectivity index (χ4v) is 2.33. The van der Waals surface area contributed by atoms with Gasteiger partial charge in [-0.2, -0.15) is 4.91 Å². The van der Waals surface area contributed by atoms with E-state index in [1.54, 1.807) is 42.7 Å². The van der Waals surface area contributed by atoms with Crippen molar-refractivity contribution in [1.29, 1.82) is 0 Å². The number of carbonyl (C=O) groups is 1. The SMILES string of the molecule is O=NC1CC(c2cccnc2)Oc2ccccc2C1=O. The first-order valence-corrected chi connectivity index (χ1v) is 6.32. The van der Waals surface area contributed by atoms with Gasteiger partial charge in [-0.05, 0) is 18.2 Å². The third kappa shape index (κ3) is 2.18. The Labute approximate surface area is 115 Å². The Bertz CT molecular complexity index is 643. The molecule has 2 unspecified atom stereocenters. The summed E-state index contributed by atoms with van der Waals surface area (Å²) in [5.74, 6) is 0.194. The van der Waals surface area contributed by atoms with Crippen LogP contribution >= 0.6 is 0 Å². The second-order valence-corrected chi connectivity index (χ2v) is 4.61. The van der Waals surface area contributed by atoms with E-state index >= 15 is 0 Å². The molecular weight excluding hydrogens is 256 g/mol. The number of pyridine rings is 1. The monoisotopic (exact) mass is 268 g/mol. The van der Waals surface area contributed by atoms with Crippen LogP contribution in [0.3, 0.4) is 0 Å². The highest BCUT2D eigenvalue weighted by Gasteiger charge is 2.33. The van der Waals surface area contributed by atoms with E-state index in [1.807, 2.05) is 6.07 Å². The summed E-state index contributed by atoms with van der Waals surface area (Å²) < 4.78 is 5.89. The number of ketones is 1. The van der Waals surface area contributed by atoms with Crippen molar-refractivity contribution in [3.8, 4) is 5.75 Å². The average molecular weight is 268 g/mol. The van der Waals surface area contributed by atoms with Crippen molar-refractivity contribution >= 4 is 5.78 Å². The van der Waals surface area contributed by atoms with Crippen LogP contribution in [0.1, 0.15) is 28.4 Å². The Hall–Kier alpha value is -2.56. The molecule has 2 aromatic rings. The Balaban J connectivity index is 2.04. The van der Waals surface area contributed by atoms with E-state index in [0.29, 0.717) is 11.3 Å². The van der Waals surface area contributed by atoms with Gasteiger partial charge in [0.1, 0.15) is 11.9 Å². The molecule has 5 heteroatoms. The van der Waals surface area contributed by atoms with Crippen molar-refractivity contribution in [3.63, 3.8) is 0 Å². The molecule has 0 bridgehead atoms.